The second-order valence-electron chi connectivity index (χ2n) is 9.00. The molecule has 1 atom stereocenters. The summed E-state index contributed by atoms with van der Waals surface area (Å²) in [6.07, 6.45) is -0.790. The third-order valence-corrected chi connectivity index (χ3v) is 6.46. The highest BCUT2D eigenvalue weighted by molar-refractivity contribution is 6.32. The van der Waals surface area contributed by atoms with Crippen molar-refractivity contribution in [3.8, 4) is 5.75 Å². The Kier molecular flexibility index (Phi) is 12.2. The Hall–Kier alpha value is -3.01. The molecule has 0 fully saturated rings. The van der Waals surface area contributed by atoms with E-state index in [1.165, 1.54) is 45.5 Å². The molecule has 1 aromatic heterocycles. The Morgan fingerprint density at radius 2 is 1.76 bits per heavy atom. The molecule has 38 heavy (non-hydrogen) atoms. The van der Waals surface area contributed by atoms with Crippen LogP contribution in [0.1, 0.15) is 60.9 Å². The van der Waals surface area contributed by atoms with Crippen molar-refractivity contribution in [1.29, 1.82) is 0 Å². The first-order valence-corrected chi connectivity index (χ1v) is 13.0. The van der Waals surface area contributed by atoms with Crippen LogP contribution in [-0.2, 0) is 4.79 Å². The first kappa shape index (κ1) is 31.2. The quantitative estimate of drug-likeness (QED) is 0.239. The van der Waals surface area contributed by atoms with Crippen LogP contribution in [0.3, 0.4) is 0 Å². The monoisotopic (exact) mass is 556 g/mol. The van der Waals surface area contributed by atoms with Crippen LogP contribution in [0.5, 0.6) is 5.75 Å². The minimum absolute atomic E-state index is 0.137. The smallest absolute Gasteiger partial charge is 0.404 e. The lowest BCUT2D eigenvalue weighted by atomic mass is 9.96. The van der Waals surface area contributed by atoms with Gasteiger partial charge in [0.2, 0.25) is 5.91 Å². The van der Waals surface area contributed by atoms with Crippen LogP contribution in [0, 0.1) is 0 Å². The summed E-state index contributed by atoms with van der Waals surface area (Å²) in [6.45, 7) is 3.77. The maximum absolute atomic E-state index is 13.8. The maximum Gasteiger partial charge on any atom is 0.404 e. The van der Waals surface area contributed by atoms with E-state index in [4.69, 9.17) is 16.3 Å². The van der Waals surface area contributed by atoms with Gasteiger partial charge in [-0.15, -0.1) is 0 Å². The number of halogens is 4. The topological polar surface area (TPSA) is 74.8 Å². The average molecular weight is 557 g/mol. The molecule has 1 N–H and O–H groups in total. The van der Waals surface area contributed by atoms with Crippen LogP contribution in [0.2, 0.25) is 5.15 Å². The fraction of sp³-hybridized carbons (Fsp3) is 0.519. The van der Waals surface area contributed by atoms with Gasteiger partial charge in [-0.2, -0.15) is 13.2 Å². The molecule has 11 heteroatoms. The fourth-order valence-electron chi connectivity index (χ4n) is 4.14. The van der Waals surface area contributed by atoms with E-state index in [0.717, 1.165) is 43.7 Å². The van der Waals surface area contributed by atoms with E-state index in [1.807, 2.05) is 0 Å². The summed E-state index contributed by atoms with van der Waals surface area (Å²) in [5, 5.41) is 2.67. The van der Waals surface area contributed by atoms with E-state index < -0.39 is 18.0 Å². The van der Waals surface area contributed by atoms with E-state index >= 15 is 0 Å². The Morgan fingerprint density at radius 1 is 1.08 bits per heavy atom. The van der Waals surface area contributed by atoms with Gasteiger partial charge < -0.3 is 19.9 Å². The van der Waals surface area contributed by atoms with E-state index in [1.54, 1.807) is 12.1 Å². The first-order chi connectivity index (χ1) is 18.0. The molecule has 0 aliphatic heterocycles. The van der Waals surface area contributed by atoms with Gasteiger partial charge in [0.25, 0.3) is 5.91 Å². The average Bonchev–Trinajstić information content (AvgIpc) is 2.88. The van der Waals surface area contributed by atoms with Gasteiger partial charge in [0.05, 0.1) is 12.7 Å². The number of benzene rings is 1. The number of anilines is 1. The van der Waals surface area contributed by atoms with E-state index in [2.05, 4.69) is 22.1 Å². The SMILES string of the molecule is CCCN(CCCCCCN(C)C(=O)C(c1cccc(OC)c1)C(F)(F)F)c1ccc(C(=O)NC)c(Cl)n1. The standard InChI is InChI=1S/C27H36ClF3N4O3/c1-5-15-35(22-14-13-21(24(28)33-22)25(36)32-2)17-9-7-6-8-16-34(3)26(37)23(27(29,30)31)19-11-10-12-20(18-19)38-4/h10-14,18,23H,5-9,15-17H2,1-4H3,(H,32,36). The van der Waals surface area contributed by atoms with Gasteiger partial charge in [-0.3, -0.25) is 9.59 Å². The lowest BCUT2D eigenvalue weighted by Gasteiger charge is -2.26. The van der Waals surface area contributed by atoms with Crippen molar-refractivity contribution >= 4 is 29.2 Å². The van der Waals surface area contributed by atoms with Gasteiger partial charge in [-0.05, 0) is 49.1 Å². The molecule has 2 rings (SSSR count). The van der Waals surface area contributed by atoms with Crippen LogP contribution in [-0.4, -0.2) is 68.7 Å². The molecule has 0 aliphatic carbocycles. The molecule has 7 nitrogen and oxygen atoms in total. The summed E-state index contributed by atoms with van der Waals surface area (Å²) < 4.78 is 46.4. The predicted molar refractivity (Wildman–Crippen MR) is 143 cm³/mol. The minimum atomic E-state index is -4.71. The summed E-state index contributed by atoms with van der Waals surface area (Å²) >= 11 is 6.20. The molecule has 0 bridgehead atoms. The summed E-state index contributed by atoms with van der Waals surface area (Å²) in [7, 11) is 4.30. The van der Waals surface area contributed by atoms with Gasteiger partial charge in [-0.25, -0.2) is 4.98 Å². The van der Waals surface area contributed by atoms with Crippen molar-refractivity contribution < 1.29 is 27.5 Å². The molecule has 1 heterocycles. The number of methoxy groups -OCH3 is 1. The second kappa shape index (κ2) is 14.8. The molecular formula is C27H36ClF3N4O3. The Labute approximate surface area is 227 Å². The van der Waals surface area contributed by atoms with Gasteiger partial charge in [0, 0.05) is 33.7 Å². The third kappa shape index (κ3) is 8.79. The van der Waals surface area contributed by atoms with Crippen LogP contribution in [0.15, 0.2) is 36.4 Å². The summed E-state index contributed by atoms with van der Waals surface area (Å²) in [5.41, 5.74) is 0.175. The molecule has 2 amide bonds. The Balaban J connectivity index is 1.88. The van der Waals surface area contributed by atoms with Crippen molar-refractivity contribution in [2.75, 3.05) is 45.7 Å². The highest BCUT2D eigenvalue weighted by Gasteiger charge is 2.47. The lowest BCUT2D eigenvalue weighted by Crippen LogP contribution is -2.39. The van der Waals surface area contributed by atoms with Crippen LogP contribution in [0.25, 0.3) is 0 Å². The number of hydrogen-bond acceptors (Lipinski definition) is 5. The molecular weight excluding hydrogens is 521 g/mol. The van der Waals surface area contributed by atoms with Crippen molar-refractivity contribution in [3.63, 3.8) is 0 Å². The van der Waals surface area contributed by atoms with E-state index in [0.29, 0.717) is 17.8 Å². The molecule has 0 saturated heterocycles. The highest BCUT2D eigenvalue weighted by Crippen LogP contribution is 2.37. The van der Waals surface area contributed by atoms with Gasteiger partial charge in [0.15, 0.2) is 5.92 Å². The van der Waals surface area contributed by atoms with E-state index in [-0.39, 0.29) is 28.9 Å². The van der Waals surface area contributed by atoms with Gasteiger partial charge in [0.1, 0.15) is 16.7 Å². The number of hydrogen-bond donors (Lipinski definition) is 1. The summed E-state index contributed by atoms with van der Waals surface area (Å²) in [6, 6.07) is 8.95. The van der Waals surface area contributed by atoms with Crippen molar-refractivity contribution in [1.82, 2.24) is 15.2 Å². The number of unbranched alkanes of at least 4 members (excludes halogenated alkanes) is 3. The number of likely N-dealkylation sites (N-methyl/N-ethyl adjacent to an activating group) is 1. The number of nitrogens with zero attached hydrogens (tertiary/aromatic N) is 3. The number of ether oxygens (including phenoxy) is 1. The largest absolute Gasteiger partial charge is 0.497 e. The fourth-order valence-corrected chi connectivity index (χ4v) is 4.38. The van der Waals surface area contributed by atoms with Crippen molar-refractivity contribution in [3.05, 3.63) is 52.7 Å². The second-order valence-corrected chi connectivity index (χ2v) is 9.36. The Morgan fingerprint density at radius 3 is 2.34 bits per heavy atom. The van der Waals surface area contributed by atoms with Crippen LogP contribution < -0.4 is 15.0 Å². The molecule has 0 aliphatic rings. The zero-order valence-corrected chi connectivity index (χ0v) is 23.0. The van der Waals surface area contributed by atoms with Crippen molar-refractivity contribution in [2.45, 2.75) is 51.1 Å². The first-order valence-electron chi connectivity index (χ1n) is 12.6. The number of nitrogens with one attached hydrogen (secondary N) is 1. The highest BCUT2D eigenvalue weighted by atomic mass is 35.5. The zero-order chi connectivity index (χ0) is 28.3. The maximum atomic E-state index is 13.8. The zero-order valence-electron chi connectivity index (χ0n) is 22.3. The number of carbonyl (C=O) groups is 2. The normalized spacial score (nSPS) is 12.1. The number of aromatic nitrogens is 1. The lowest BCUT2D eigenvalue weighted by molar-refractivity contribution is -0.171. The summed E-state index contributed by atoms with van der Waals surface area (Å²) in [5.74, 6) is -2.57. The third-order valence-electron chi connectivity index (χ3n) is 6.17. The molecule has 0 saturated carbocycles. The number of rotatable bonds is 14. The molecule has 210 valence electrons. The molecule has 0 spiro atoms. The molecule has 2 aromatic rings. The van der Waals surface area contributed by atoms with Gasteiger partial charge in [-0.1, -0.05) is 43.5 Å². The number of alkyl halides is 3. The van der Waals surface area contributed by atoms with Gasteiger partial charge >= 0.3 is 6.18 Å². The number of pyridine rings is 1. The van der Waals surface area contributed by atoms with E-state index in [9.17, 15) is 22.8 Å². The van der Waals surface area contributed by atoms with Crippen LogP contribution in [0.4, 0.5) is 19.0 Å². The molecule has 0 radical (unpaired) electrons. The predicted octanol–water partition coefficient (Wildman–Crippen LogP) is 5.68. The minimum Gasteiger partial charge on any atom is -0.497 e. The van der Waals surface area contributed by atoms with Crippen molar-refractivity contribution in [2.24, 2.45) is 0 Å². The molecule has 1 unspecified atom stereocenters. The Bertz CT molecular complexity index is 1070. The summed E-state index contributed by atoms with van der Waals surface area (Å²) in [4.78, 5) is 32.2. The molecule has 1 aromatic carbocycles. The number of carbonyl (C=O) groups excluding carboxylic acids is 2. The van der Waals surface area contributed by atoms with Crippen LogP contribution >= 0.6 is 11.6 Å². The number of amides is 2.